The highest BCUT2D eigenvalue weighted by Gasteiger charge is 2.25. The SMILES string of the molecule is CCCC(NS(=O)(=O)Cc1ccc(F)cc1)C(=O)Nc1cc(C(C)(C)C)[nH]n1. The van der Waals surface area contributed by atoms with Crippen molar-refractivity contribution < 1.29 is 17.6 Å². The number of amides is 1. The second-order valence-electron chi connectivity index (χ2n) is 7.75. The van der Waals surface area contributed by atoms with E-state index in [9.17, 15) is 17.6 Å². The lowest BCUT2D eigenvalue weighted by molar-refractivity contribution is -0.117. The summed E-state index contributed by atoms with van der Waals surface area (Å²) in [5, 5.41) is 9.60. The number of carbonyl (C=O) groups excluding carboxylic acids is 1. The van der Waals surface area contributed by atoms with E-state index in [2.05, 4.69) is 20.2 Å². The van der Waals surface area contributed by atoms with Gasteiger partial charge in [0, 0.05) is 17.2 Å². The molecule has 1 amide bonds. The summed E-state index contributed by atoms with van der Waals surface area (Å²) in [6, 6.07) is 6.01. The van der Waals surface area contributed by atoms with Gasteiger partial charge in [-0.2, -0.15) is 5.10 Å². The fraction of sp³-hybridized carbons (Fsp3) is 0.474. The summed E-state index contributed by atoms with van der Waals surface area (Å²) >= 11 is 0. The van der Waals surface area contributed by atoms with Gasteiger partial charge in [-0.3, -0.25) is 9.89 Å². The Bertz CT molecular complexity index is 902. The number of sulfonamides is 1. The minimum atomic E-state index is -3.79. The zero-order valence-electron chi connectivity index (χ0n) is 16.5. The van der Waals surface area contributed by atoms with Crippen LogP contribution in [-0.2, 0) is 26.0 Å². The molecular formula is C19H27FN4O3S. The van der Waals surface area contributed by atoms with Crippen molar-refractivity contribution >= 4 is 21.7 Å². The molecule has 1 aromatic heterocycles. The number of aromatic amines is 1. The average Bonchev–Trinajstić information content (AvgIpc) is 3.05. The second-order valence-corrected chi connectivity index (χ2v) is 9.50. The molecule has 0 saturated carbocycles. The smallest absolute Gasteiger partial charge is 0.243 e. The molecule has 2 aromatic rings. The Morgan fingerprint density at radius 2 is 1.89 bits per heavy atom. The Morgan fingerprint density at radius 1 is 1.25 bits per heavy atom. The van der Waals surface area contributed by atoms with E-state index in [1.54, 1.807) is 6.07 Å². The average molecular weight is 411 g/mol. The maximum atomic E-state index is 13.0. The highest BCUT2D eigenvalue weighted by atomic mass is 32.2. The maximum Gasteiger partial charge on any atom is 0.243 e. The normalized spacial score (nSPS) is 13.3. The van der Waals surface area contributed by atoms with Gasteiger partial charge in [-0.25, -0.2) is 17.5 Å². The topological polar surface area (TPSA) is 104 Å². The molecule has 0 aliphatic heterocycles. The van der Waals surface area contributed by atoms with E-state index in [0.29, 0.717) is 24.2 Å². The van der Waals surface area contributed by atoms with Gasteiger partial charge in [-0.15, -0.1) is 0 Å². The summed E-state index contributed by atoms with van der Waals surface area (Å²) < 4.78 is 40.3. The number of nitrogens with zero attached hydrogens (tertiary/aromatic N) is 1. The number of rotatable bonds is 8. The van der Waals surface area contributed by atoms with E-state index in [-0.39, 0.29) is 11.2 Å². The van der Waals surface area contributed by atoms with Crippen molar-refractivity contribution in [1.29, 1.82) is 0 Å². The van der Waals surface area contributed by atoms with Gasteiger partial charge < -0.3 is 5.32 Å². The Hall–Kier alpha value is -2.26. The molecular weight excluding hydrogens is 383 g/mol. The zero-order chi connectivity index (χ0) is 20.9. The van der Waals surface area contributed by atoms with Gasteiger partial charge in [0.15, 0.2) is 5.82 Å². The first-order valence-corrected chi connectivity index (χ1v) is 10.8. The van der Waals surface area contributed by atoms with Gasteiger partial charge in [0.2, 0.25) is 15.9 Å². The largest absolute Gasteiger partial charge is 0.308 e. The van der Waals surface area contributed by atoms with Crippen LogP contribution in [0.5, 0.6) is 0 Å². The van der Waals surface area contributed by atoms with E-state index < -0.39 is 27.8 Å². The van der Waals surface area contributed by atoms with Gasteiger partial charge in [0.25, 0.3) is 0 Å². The summed E-state index contributed by atoms with van der Waals surface area (Å²) in [7, 11) is -3.79. The predicted octanol–water partition coefficient (Wildman–Crippen LogP) is 3.07. The number of anilines is 1. The summed E-state index contributed by atoms with van der Waals surface area (Å²) in [4.78, 5) is 12.6. The molecule has 2 rings (SSSR count). The van der Waals surface area contributed by atoms with Crippen molar-refractivity contribution in [2.45, 2.75) is 57.7 Å². The van der Waals surface area contributed by atoms with E-state index in [1.807, 2.05) is 27.7 Å². The van der Waals surface area contributed by atoms with E-state index in [0.717, 1.165) is 5.69 Å². The molecule has 1 atom stereocenters. The number of hydrogen-bond donors (Lipinski definition) is 3. The molecule has 7 nitrogen and oxygen atoms in total. The van der Waals surface area contributed by atoms with Crippen LogP contribution in [-0.4, -0.2) is 30.6 Å². The molecule has 3 N–H and O–H groups in total. The van der Waals surface area contributed by atoms with Gasteiger partial charge >= 0.3 is 0 Å². The Labute approximate surface area is 165 Å². The molecule has 0 aliphatic rings. The maximum absolute atomic E-state index is 13.0. The van der Waals surface area contributed by atoms with Gasteiger partial charge in [-0.1, -0.05) is 46.2 Å². The van der Waals surface area contributed by atoms with Crippen molar-refractivity contribution in [1.82, 2.24) is 14.9 Å². The molecule has 1 unspecified atom stereocenters. The van der Waals surface area contributed by atoms with E-state index in [4.69, 9.17) is 0 Å². The number of H-pyrrole nitrogens is 1. The minimum Gasteiger partial charge on any atom is -0.308 e. The third-order valence-corrected chi connectivity index (χ3v) is 5.48. The standard InChI is InChI=1S/C19H27FN4O3S/c1-5-6-15(18(25)21-17-11-16(22-23-17)19(2,3)4)24-28(26,27)12-13-7-9-14(20)10-8-13/h7-11,15,24H,5-6,12H2,1-4H3,(H2,21,22,23,25). The molecule has 0 spiro atoms. The summed E-state index contributed by atoms with van der Waals surface area (Å²) in [6.45, 7) is 7.89. The second kappa shape index (κ2) is 8.83. The Balaban J connectivity index is 2.07. The lowest BCUT2D eigenvalue weighted by Crippen LogP contribution is -2.44. The molecule has 28 heavy (non-hydrogen) atoms. The molecule has 1 heterocycles. The van der Waals surface area contributed by atoms with Crippen LogP contribution >= 0.6 is 0 Å². The zero-order valence-corrected chi connectivity index (χ0v) is 17.4. The van der Waals surface area contributed by atoms with Crippen molar-refractivity contribution in [3.05, 3.63) is 47.4 Å². The summed E-state index contributed by atoms with van der Waals surface area (Å²) in [6.07, 6.45) is 0.954. The van der Waals surface area contributed by atoms with Gasteiger partial charge in [-0.05, 0) is 24.1 Å². The molecule has 9 heteroatoms. The van der Waals surface area contributed by atoms with E-state index >= 15 is 0 Å². The fourth-order valence-electron chi connectivity index (χ4n) is 2.57. The third kappa shape index (κ3) is 6.42. The van der Waals surface area contributed by atoms with Gasteiger partial charge in [0.05, 0.1) is 5.75 Å². The van der Waals surface area contributed by atoms with Crippen LogP contribution in [0, 0.1) is 5.82 Å². The van der Waals surface area contributed by atoms with Crippen molar-refractivity contribution in [3.63, 3.8) is 0 Å². The molecule has 0 radical (unpaired) electrons. The highest BCUT2D eigenvalue weighted by molar-refractivity contribution is 7.88. The quantitative estimate of drug-likeness (QED) is 0.622. The van der Waals surface area contributed by atoms with Crippen LogP contribution in [0.4, 0.5) is 10.2 Å². The highest BCUT2D eigenvalue weighted by Crippen LogP contribution is 2.22. The van der Waals surface area contributed by atoms with Crippen molar-refractivity contribution in [2.75, 3.05) is 5.32 Å². The first-order chi connectivity index (χ1) is 13.0. The predicted molar refractivity (Wildman–Crippen MR) is 107 cm³/mol. The number of benzene rings is 1. The fourth-order valence-corrected chi connectivity index (χ4v) is 3.95. The molecule has 154 valence electrons. The number of nitrogens with one attached hydrogen (secondary N) is 3. The number of halogens is 1. The van der Waals surface area contributed by atoms with Crippen LogP contribution in [0.1, 0.15) is 51.8 Å². The third-order valence-electron chi connectivity index (χ3n) is 4.12. The van der Waals surface area contributed by atoms with Crippen LogP contribution in [0.3, 0.4) is 0 Å². The lowest BCUT2D eigenvalue weighted by Gasteiger charge is -2.17. The van der Waals surface area contributed by atoms with Crippen LogP contribution < -0.4 is 10.0 Å². The first-order valence-electron chi connectivity index (χ1n) is 9.11. The minimum absolute atomic E-state index is 0.157. The number of carbonyl (C=O) groups is 1. The van der Waals surface area contributed by atoms with Crippen molar-refractivity contribution in [2.24, 2.45) is 0 Å². The Morgan fingerprint density at radius 3 is 2.43 bits per heavy atom. The number of aromatic nitrogens is 2. The van der Waals surface area contributed by atoms with Crippen LogP contribution in [0.25, 0.3) is 0 Å². The molecule has 0 bridgehead atoms. The lowest BCUT2D eigenvalue weighted by atomic mass is 9.92. The molecule has 0 aliphatic carbocycles. The molecule has 1 aromatic carbocycles. The monoisotopic (exact) mass is 410 g/mol. The summed E-state index contributed by atoms with van der Waals surface area (Å²) in [5.74, 6) is -0.909. The van der Waals surface area contributed by atoms with Crippen LogP contribution in [0.2, 0.25) is 0 Å². The number of hydrogen-bond acceptors (Lipinski definition) is 4. The first kappa shape index (κ1) is 22.0. The summed E-state index contributed by atoms with van der Waals surface area (Å²) in [5.41, 5.74) is 1.13. The van der Waals surface area contributed by atoms with Gasteiger partial charge in [0.1, 0.15) is 11.9 Å². The van der Waals surface area contributed by atoms with Crippen molar-refractivity contribution in [3.8, 4) is 0 Å². The Kier molecular flexibility index (Phi) is 6.95. The molecule has 0 saturated heterocycles. The molecule has 0 fully saturated rings. The van der Waals surface area contributed by atoms with E-state index in [1.165, 1.54) is 24.3 Å². The van der Waals surface area contributed by atoms with Crippen LogP contribution in [0.15, 0.2) is 30.3 Å².